The van der Waals surface area contributed by atoms with Crippen molar-refractivity contribution in [3.05, 3.63) is 39.5 Å². The third-order valence-electron chi connectivity index (χ3n) is 7.99. The topological polar surface area (TPSA) is 90.8 Å². The molecule has 3 fully saturated rings. The third-order valence-corrected chi connectivity index (χ3v) is 8.88. The van der Waals surface area contributed by atoms with E-state index in [1.54, 1.807) is 6.08 Å². The first-order valence-corrected chi connectivity index (χ1v) is 12.8. The highest BCUT2D eigenvalue weighted by molar-refractivity contribution is 14.1. The monoisotopic (exact) mass is 554 g/mol. The van der Waals surface area contributed by atoms with Crippen LogP contribution in [0.4, 0.5) is 0 Å². The molecule has 3 saturated carbocycles. The molecule has 0 aliphatic heterocycles. The molecular formula is C25H35IN2O4. The first kappa shape index (κ1) is 24.0. The van der Waals surface area contributed by atoms with Crippen LogP contribution in [0.15, 0.2) is 35.9 Å². The molecule has 6 unspecified atom stereocenters. The lowest BCUT2D eigenvalue weighted by molar-refractivity contribution is -0.118. The fraction of sp³-hybridized carbons (Fsp3) is 0.640. The number of fused-ring (bicyclic) bond motifs is 2. The van der Waals surface area contributed by atoms with Crippen LogP contribution < -0.4 is 15.4 Å². The molecule has 4 N–H and O–H groups in total. The van der Waals surface area contributed by atoms with Gasteiger partial charge in [0.25, 0.3) is 0 Å². The second-order valence-electron chi connectivity index (χ2n) is 10.1. The summed E-state index contributed by atoms with van der Waals surface area (Å²) in [7, 11) is 0. The third kappa shape index (κ3) is 4.86. The minimum Gasteiger partial charge on any atom is -0.482 e. The number of amides is 1. The summed E-state index contributed by atoms with van der Waals surface area (Å²) in [5, 5.41) is 26.6. The van der Waals surface area contributed by atoms with Crippen LogP contribution in [0.5, 0.6) is 5.75 Å². The van der Waals surface area contributed by atoms with Gasteiger partial charge >= 0.3 is 0 Å². The molecule has 0 aromatic heterocycles. The Hall–Kier alpha value is -1.16. The average molecular weight is 554 g/mol. The Morgan fingerprint density at radius 3 is 2.75 bits per heavy atom. The molecule has 5 rings (SSSR count). The molecule has 4 aliphatic rings. The number of benzene rings is 1. The molecule has 176 valence electrons. The largest absolute Gasteiger partial charge is 0.482 e. The summed E-state index contributed by atoms with van der Waals surface area (Å²) in [5.41, 5.74) is 1.01. The minimum absolute atomic E-state index is 0.106. The van der Waals surface area contributed by atoms with Crippen molar-refractivity contribution < 1.29 is 19.7 Å². The zero-order valence-corrected chi connectivity index (χ0v) is 21.0. The van der Waals surface area contributed by atoms with Gasteiger partial charge in [-0.1, -0.05) is 26.0 Å². The predicted octanol–water partition coefficient (Wildman–Crippen LogP) is 2.87. The summed E-state index contributed by atoms with van der Waals surface area (Å²) >= 11 is 2.21. The molecule has 0 heterocycles. The van der Waals surface area contributed by atoms with Gasteiger partial charge < -0.3 is 25.6 Å². The second kappa shape index (κ2) is 9.99. The fourth-order valence-electron chi connectivity index (χ4n) is 5.90. The van der Waals surface area contributed by atoms with Gasteiger partial charge in [0.05, 0.1) is 10.2 Å². The number of carbonyl (C=O) groups excluding carboxylic acids is 1. The van der Waals surface area contributed by atoms with Crippen LogP contribution in [0, 0.1) is 26.7 Å². The summed E-state index contributed by atoms with van der Waals surface area (Å²) in [6.45, 7) is 5.74. The summed E-state index contributed by atoms with van der Waals surface area (Å²) in [6, 6.07) is 7.41. The lowest BCUT2D eigenvalue weighted by Crippen LogP contribution is -2.57. The van der Waals surface area contributed by atoms with Crippen molar-refractivity contribution in [2.24, 2.45) is 23.2 Å². The number of para-hydroxylation sites is 1. The number of hydrogen-bond acceptors (Lipinski definition) is 5. The van der Waals surface area contributed by atoms with E-state index in [2.05, 4.69) is 47.1 Å². The maximum atomic E-state index is 12.7. The van der Waals surface area contributed by atoms with Crippen LogP contribution in [0.25, 0.3) is 0 Å². The van der Waals surface area contributed by atoms with E-state index >= 15 is 0 Å². The van der Waals surface area contributed by atoms with E-state index in [0.29, 0.717) is 29.1 Å². The van der Waals surface area contributed by atoms with Crippen molar-refractivity contribution in [3.8, 4) is 5.75 Å². The molecule has 1 aromatic rings. The molecule has 0 radical (unpaired) electrons. The molecule has 7 heteroatoms. The number of carbonyl (C=O) groups is 1. The van der Waals surface area contributed by atoms with Crippen LogP contribution in [0.1, 0.15) is 39.5 Å². The van der Waals surface area contributed by atoms with Gasteiger partial charge in [-0.3, -0.25) is 4.79 Å². The summed E-state index contributed by atoms with van der Waals surface area (Å²) < 4.78 is 7.12. The quantitative estimate of drug-likeness (QED) is 0.372. The van der Waals surface area contributed by atoms with Gasteiger partial charge in [-0.2, -0.15) is 0 Å². The maximum Gasteiger partial charge on any atom is 0.247 e. The molecule has 1 aromatic carbocycles. The Labute approximate surface area is 204 Å². The van der Waals surface area contributed by atoms with Crippen LogP contribution >= 0.6 is 22.6 Å². The van der Waals surface area contributed by atoms with Crippen LogP contribution in [0.2, 0.25) is 0 Å². The van der Waals surface area contributed by atoms with Crippen LogP contribution in [-0.2, 0) is 4.79 Å². The van der Waals surface area contributed by atoms with Crippen molar-refractivity contribution in [1.82, 2.24) is 10.6 Å². The highest BCUT2D eigenvalue weighted by atomic mass is 127. The molecule has 1 amide bonds. The second-order valence-corrected chi connectivity index (χ2v) is 11.3. The molecular weight excluding hydrogens is 519 g/mol. The van der Waals surface area contributed by atoms with E-state index in [9.17, 15) is 9.90 Å². The number of halogens is 1. The van der Waals surface area contributed by atoms with Gasteiger partial charge in [0.15, 0.2) is 0 Å². The molecule has 6 atom stereocenters. The molecule has 2 bridgehead atoms. The van der Waals surface area contributed by atoms with Crippen LogP contribution in [-0.4, -0.2) is 54.1 Å². The summed E-state index contributed by atoms with van der Waals surface area (Å²) in [5.74, 6) is 2.68. The van der Waals surface area contributed by atoms with E-state index in [-0.39, 0.29) is 25.1 Å². The number of hydrogen-bond donors (Lipinski definition) is 4. The van der Waals surface area contributed by atoms with E-state index in [1.165, 1.54) is 19.3 Å². The first-order chi connectivity index (χ1) is 15.3. The average Bonchev–Trinajstić information content (AvgIpc) is 2.79. The minimum atomic E-state index is -0.758. The van der Waals surface area contributed by atoms with Gasteiger partial charge in [-0.05, 0) is 96.2 Å². The van der Waals surface area contributed by atoms with E-state index in [0.717, 1.165) is 22.0 Å². The SMILES string of the molecule is CC1(C)C2CCC(CNC3CC(C(=O)NCCO)=CC(Oc4ccccc4I)C3O)C1C2. The van der Waals surface area contributed by atoms with Gasteiger partial charge in [-0.15, -0.1) is 0 Å². The Balaban J connectivity index is 1.47. The van der Waals surface area contributed by atoms with Gasteiger partial charge in [0.2, 0.25) is 5.91 Å². The molecule has 0 spiro atoms. The van der Waals surface area contributed by atoms with Gasteiger partial charge in [-0.25, -0.2) is 0 Å². The molecule has 6 nitrogen and oxygen atoms in total. The van der Waals surface area contributed by atoms with Crippen molar-refractivity contribution >= 4 is 28.5 Å². The number of nitrogens with one attached hydrogen (secondary N) is 2. The lowest BCUT2D eigenvalue weighted by Gasteiger charge is -2.60. The van der Waals surface area contributed by atoms with E-state index in [1.807, 2.05) is 24.3 Å². The van der Waals surface area contributed by atoms with Gasteiger partial charge in [0.1, 0.15) is 18.0 Å². The number of aliphatic hydroxyl groups excluding tert-OH is 2. The van der Waals surface area contributed by atoms with Crippen molar-refractivity contribution in [2.75, 3.05) is 19.7 Å². The number of ether oxygens (including phenoxy) is 1. The number of rotatable bonds is 8. The van der Waals surface area contributed by atoms with E-state index in [4.69, 9.17) is 9.84 Å². The van der Waals surface area contributed by atoms with Crippen molar-refractivity contribution in [1.29, 1.82) is 0 Å². The summed E-state index contributed by atoms with van der Waals surface area (Å²) in [4.78, 5) is 12.7. The molecule has 4 aliphatic carbocycles. The smallest absolute Gasteiger partial charge is 0.247 e. The molecule has 0 saturated heterocycles. The van der Waals surface area contributed by atoms with Crippen LogP contribution in [0.3, 0.4) is 0 Å². The Morgan fingerprint density at radius 1 is 1.28 bits per heavy atom. The maximum absolute atomic E-state index is 12.7. The zero-order chi connectivity index (χ0) is 22.9. The fourth-order valence-corrected chi connectivity index (χ4v) is 6.41. The normalized spacial score (nSPS) is 33.1. The Kier molecular flexibility index (Phi) is 7.49. The van der Waals surface area contributed by atoms with E-state index < -0.39 is 12.2 Å². The Bertz CT molecular complexity index is 856. The van der Waals surface area contributed by atoms with Crippen molar-refractivity contribution in [3.63, 3.8) is 0 Å². The molecule has 32 heavy (non-hydrogen) atoms. The first-order valence-electron chi connectivity index (χ1n) is 11.7. The zero-order valence-electron chi connectivity index (χ0n) is 18.9. The van der Waals surface area contributed by atoms with Gasteiger partial charge in [0, 0.05) is 18.2 Å². The summed E-state index contributed by atoms with van der Waals surface area (Å²) in [6.07, 6.45) is 4.63. The Morgan fingerprint density at radius 2 is 2.06 bits per heavy atom. The number of aliphatic hydroxyl groups is 2. The highest BCUT2D eigenvalue weighted by Gasteiger charge is 2.54. The predicted molar refractivity (Wildman–Crippen MR) is 132 cm³/mol. The van der Waals surface area contributed by atoms with Crippen molar-refractivity contribution in [2.45, 2.75) is 57.8 Å². The lowest BCUT2D eigenvalue weighted by atomic mass is 9.45. The standard InChI is InChI=1S/C25H35IN2O4/c1-25(2)17-8-7-15(18(25)13-17)14-28-20-11-16(24(31)27-9-10-29)12-22(23(20)30)32-21-6-4-3-5-19(21)26/h3-6,12,15,17-18,20,22-23,28-30H,7-11,13-14H2,1-2H3,(H,27,31). The highest BCUT2D eigenvalue weighted by Crippen LogP contribution is 2.61.